The lowest BCUT2D eigenvalue weighted by molar-refractivity contribution is -0.141. The zero-order chi connectivity index (χ0) is 13.0. The topological polar surface area (TPSA) is 65.2 Å². The Hall–Kier alpha value is -2.07. The molecule has 2 aromatic rings. The van der Waals surface area contributed by atoms with Gasteiger partial charge in [0.25, 0.3) is 0 Å². The molecule has 1 heterocycles. The normalized spacial score (nSPS) is 11.2. The van der Waals surface area contributed by atoms with E-state index in [2.05, 4.69) is 4.98 Å². The van der Waals surface area contributed by atoms with Crippen LogP contribution in [0, 0.1) is 0 Å². The summed E-state index contributed by atoms with van der Waals surface area (Å²) in [6, 6.07) is 12.6. The zero-order valence-electron chi connectivity index (χ0n) is 10.4. The van der Waals surface area contributed by atoms with Gasteiger partial charge < -0.3 is 10.5 Å². The van der Waals surface area contributed by atoms with E-state index in [1.54, 1.807) is 30.5 Å². The fraction of sp³-hybridized carbons (Fsp3) is 0.143. The molecule has 2 rings (SSSR count). The first-order valence-electron chi connectivity index (χ1n) is 5.56. The van der Waals surface area contributed by atoms with Gasteiger partial charge in [0.1, 0.15) is 5.92 Å². The van der Waals surface area contributed by atoms with Gasteiger partial charge >= 0.3 is 5.97 Å². The Kier molecular flexibility index (Phi) is 5.33. The van der Waals surface area contributed by atoms with Crippen LogP contribution in [0.1, 0.15) is 17.2 Å². The quantitative estimate of drug-likeness (QED) is 0.692. The van der Waals surface area contributed by atoms with Crippen LogP contribution < -0.4 is 5.73 Å². The van der Waals surface area contributed by atoms with Gasteiger partial charge in [-0.1, -0.05) is 18.2 Å². The summed E-state index contributed by atoms with van der Waals surface area (Å²) >= 11 is 0. The minimum Gasteiger partial charge on any atom is -0.468 e. The fourth-order valence-corrected chi connectivity index (χ4v) is 1.78. The van der Waals surface area contributed by atoms with Crippen LogP contribution in [-0.4, -0.2) is 18.1 Å². The minimum absolute atomic E-state index is 0. The standard InChI is InChI=1S/C14H14N2O2.ClH/c1-18-14(17)13(12-4-2-3-9-16-12)10-5-7-11(15)8-6-10;/h2-9,13H,15H2,1H3;1H. The van der Waals surface area contributed by atoms with Crippen molar-refractivity contribution in [2.45, 2.75) is 5.92 Å². The molecule has 0 saturated carbocycles. The molecule has 0 saturated heterocycles. The number of carbonyl (C=O) groups excluding carboxylic acids is 1. The SMILES string of the molecule is COC(=O)C(c1ccc(N)cc1)c1ccccn1.Cl. The number of anilines is 1. The summed E-state index contributed by atoms with van der Waals surface area (Å²) in [4.78, 5) is 16.1. The van der Waals surface area contributed by atoms with Crippen LogP contribution in [0.25, 0.3) is 0 Å². The van der Waals surface area contributed by atoms with Crippen molar-refractivity contribution < 1.29 is 9.53 Å². The molecule has 0 aliphatic heterocycles. The number of nitrogens with zero attached hydrogens (tertiary/aromatic N) is 1. The number of nitrogens with two attached hydrogens (primary N) is 1. The summed E-state index contributed by atoms with van der Waals surface area (Å²) in [5.74, 6) is -0.852. The Labute approximate surface area is 118 Å². The second-order valence-electron chi connectivity index (χ2n) is 3.88. The van der Waals surface area contributed by atoms with Crippen LogP contribution >= 0.6 is 12.4 Å². The highest BCUT2D eigenvalue weighted by molar-refractivity contribution is 5.85. The number of benzene rings is 1. The van der Waals surface area contributed by atoms with Crippen molar-refractivity contribution in [2.24, 2.45) is 0 Å². The Bertz CT molecular complexity index is 529. The second kappa shape index (κ2) is 6.75. The van der Waals surface area contributed by atoms with Crippen LogP contribution in [0.2, 0.25) is 0 Å². The molecule has 1 unspecified atom stereocenters. The van der Waals surface area contributed by atoms with Crippen molar-refractivity contribution in [3.05, 3.63) is 59.9 Å². The van der Waals surface area contributed by atoms with E-state index in [4.69, 9.17) is 10.5 Å². The van der Waals surface area contributed by atoms with E-state index < -0.39 is 5.92 Å². The van der Waals surface area contributed by atoms with E-state index >= 15 is 0 Å². The zero-order valence-corrected chi connectivity index (χ0v) is 11.3. The third-order valence-corrected chi connectivity index (χ3v) is 2.69. The smallest absolute Gasteiger partial charge is 0.319 e. The molecule has 2 N–H and O–H groups in total. The molecule has 5 heteroatoms. The maximum Gasteiger partial charge on any atom is 0.319 e. The first kappa shape index (κ1) is 15.0. The first-order chi connectivity index (χ1) is 8.72. The lowest BCUT2D eigenvalue weighted by Crippen LogP contribution is -2.16. The summed E-state index contributed by atoms with van der Waals surface area (Å²) in [5.41, 5.74) is 7.77. The molecule has 100 valence electrons. The van der Waals surface area contributed by atoms with Gasteiger partial charge in [-0.05, 0) is 29.8 Å². The highest BCUT2D eigenvalue weighted by Gasteiger charge is 2.24. The van der Waals surface area contributed by atoms with E-state index in [-0.39, 0.29) is 18.4 Å². The van der Waals surface area contributed by atoms with E-state index in [0.717, 1.165) is 5.56 Å². The van der Waals surface area contributed by atoms with E-state index in [0.29, 0.717) is 11.4 Å². The fourth-order valence-electron chi connectivity index (χ4n) is 1.78. The molecule has 19 heavy (non-hydrogen) atoms. The molecule has 0 spiro atoms. The van der Waals surface area contributed by atoms with Gasteiger partial charge in [0.05, 0.1) is 12.8 Å². The molecule has 0 amide bonds. The molecule has 0 fully saturated rings. The summed E-state index contributed by atoms with van der Waals surface area (Å²) < 4.78 is 4.84. The van der Waals surface area contributed by atoms with Gasteiger partial charge in [0, 0.05) is 11.9 Å². The van der Waals surface area contributed by atoms with Gasteiger partial charge in [-0.15, -0.1) is 12.4 Å². The maximum atomic E-state index is 11.9. The molecule has 4 nitrogen and oxygen atoms in total. The maximum absolute atomic E-state index is 11.9. The summed E-state index contributed by atoms with van der Waals surface area (Å²) in [6.45, 7) is 0. The van der Waals surface area contributed by atoms with Crippen molar-refractivity contribution in [1.82, 2.24) is 4.98 Å². The molecule has 0 radical (unpaired) electrons. The van der Waals surface area contributed by atoms with Crippen molar-refractivity contribution in [2.75, 3.05) is 12.8 Å². The number of hydrogen-bond donors (Lipinski definition) is 1. The Morgan fingerprint density at radius 1 is 1.21 bits per heavy atom. The van der Waals surface area contributed by atoms with Crippen molar-refractivity contribution in [1.29, 1.82) is 0 Å². The Morgan fingerprint density at radius 3 is 2.42 bits per heavy atom. The number of pyridine rings is 1. The molecular weight excluding hydrogens is 264 g/mol. The number of rotatable bonds is 3. The van der Waals surface area contributed by atoms with Gasteiger partial charge in [-0.2, -0.15) is 0 Å². The monoisotopic (exact) mass is 278 g/mol. The van der Waals surface area contributed by atoms with Gasteiger partial charge in [0.15, 0.2) is 0 Å². The van der Waals surface area contributed by atoms with Crippen molar-refractivity contribution >= 4 is 24.1 Å². The molecule has 0 aliphatic rings. The number of nitrogen functional groups attached to an aromatic ring is 1. The molecule has 0 aliphatic carbocycles. The van der Waals surface area contributed by atoms with Crippen LogP contribution in [0.3, 0.4) is 0 Å². The Balaban J connectivity index is 0.00000180. The Morgan fingerprint density at radius 2 is 1.89 bits per heavy atom. The number of esters is 1. The number of hydrogen-bond acceptors (Lipinski definition) is 4. The number of ether oxygens (including phenoxy) is 1. The van der Waals surface area contributed by atoms with Crippen LogP contribution in [-0.2, 0) is 9.53 Å². The molecule has 1 aromatic heterocycles. The van der Waals surface area contributed by atoms with Gasteiger partial charge in [-0.25, -0.2) is 0 Å². The van der Waals surface area contributed by atoms with Crippen LogP contribution in [0.15, 0.2) is 48.7 Å². The average molecular weight is 279 g/mol. The predicted molar refractivity (Wildman–Crippen MR) is 76.2 cm³/mol. The third-order valence-electron chi connectivity index (χ3n) is 2.69. The van der Waals surface area contributed by atoms with Crippen molar-refractivity contribution in [3.63, 3.8) is 0 Å². The number of aromatic nitrogens is 1. The number of halogens is 1. The molecule has 0 bridgehead atoms. The number of carbonyl (C=O) groups is 1. The summed E-state index contributed by atoms with van der Waals surface area (Å²) in [5, 5.41) is 0. The number of methoxy groups -OCH3 is 1. The predicted octanol–water partition coefficient (Wildman–Crippen LogP) is 2.39. The van der Waals surface area contributed by atoms with E-state index in [1.165, 1.54) is 7.11 Å². The first-order valence-corrected chi connectivity index (χ1v) is 5.56. The average Bonchev–Trinajstić information content (AvgIpc) is 2.42. The highest BCUT2D eigenvalue weighted by atomic mass is 35.5. The lowest BCUT2D eigenvalue weighted by Gasteiger charge is -2.14. The molecular formula is C14H15ClN2O2. The summed E-state index contributed by atoms with van der Waals surface area (Å²) in [6.07, 6.45) is 1.66. The van der Waals surface area contributed by atoms with Gasteiger partial charge in [0.2, 0.25) is 0 Å². The van der Waals surface area contributed by atoms with Crippen molar-refractivity contribution in [3.8, 4) is 0 Å². The van der Waals surface area contributed by atoms with Crippen LogP contribution in [0.4, 0.5) is 5.69 Å². The largest absolute Gasteiger partial charge is 0.468 e. The lowest BCUT2D eigenvalue weighted by atomic mass is 9.95. The van der Waals surface area contributed by atoms with Crippen LogP contribution in [0.5, 0.6) is 0 Å². The summed E-state index contributed by atoms with van der Waals surface area (Å²) in [7, 11) is 1.37. The molecule has 1 aromatic carbocycles. The van der Waals surface area contributed by atoms with E-state index in [1.807, 2.05) is 18.2 Å². The van der Waals surface area contributed by atoms with Gasteiger partial charge in [-0.3, -0.25) is 9.78 Å². The highest BCUT2D eigenvalue weighted by Crippen LogP contribution is 2.25. The third kappa shape index (κ3) is 3.45. The second-order valence-corrected chi connectivity index (χ2v) is 3.88. The minimum atomic E-state index is -0.517. The molecule has 1 atom stereocenters. The van der Waals surface area contributed by atoms with E-state index in [9.17, 15) is 4.79 Å².